The maximum Gasteiger partial charge on any atom is 0.348 e. The molecule has 4 rings (SSSR count). The molecule has 158 valence electrons. The number of allylic oxidation sites excluding steroid dienone is 1. The predicted molar refractivity (Wildman–Crippen MR) is 109 cm³/mol. The van der Waals surface area contributed by atoms with Crippen molar-refractivity contribution in [2.75, 3.05) is 26.3 Å². The average Bonchev–Trinajstić information content (AvgIpc) is 3.30. The van der Waals surface area contributed by atoms with E-state index in [-0.39, 0.29) is 23.3 Å². The summed E-state index contributed by atoms with van der Waals surface area (Å²) in [4.78, 5) is 33.1. The molecule has 9 nitrogen and oxygen atoms in total. The van der Waals surface area contributed by atoms with Crippen LogP contribution in [0.15, 0.2) is 41.7 Å². The van der Waals surface area contributed by atoms with Gasteiger partial charge < -0.3 is 19.2 Å². The van der Waals surface area contributed by atoms with Gasteiger partial charge in [-0.2, -0.15) is 0 Å². The van der Waals surface area contributed by atoms with Crippen LogP contribution in [0.1, 0.15) is 25.8 Å². The van der Waals surface area contributed by atoms with Gasteiger partial charge in [0.1, 0.15) is 5.65 Å². The number of fused-ring (bicyclic) bond motifs is 1. The van der Waals surface area contributed by atoms with Crippen molar-refractivity contribution < 1.29 is 23.8 Å². The van der Waals surface area contributed by atoms with Gasteiger partial charge in [0.25, 0.3) is 0 Å². The molecule has 2 N–H and O–H groups in total. The van der Waals surface area contributed by atoms with E-state index in [0.717, 1.165) is 10.9 Å². The van der Waals surface area contributed by atoms with Gasteiger partial charge in [-0.25, -0.2) is 14.8 Å². The van der Waals surface area contributed by atoms with Crippen LogP contribution in [0.4, 0.5) is 0 Å². The summed E-state index contributed by atoms with van der Waals surface area (Å²) < 4.78 is 16.6. The van der Waals surface area contributed by atoms with E-state index in [4.69, 9.17) is 14.2 Å². The zero-order valence-corrected chi connectivity index (χ0v) is 16.9. The van der Waals surface area contributed by atoms with Crippen LogP contribution in [0.5, 0.6) is 0 Å². The number of hydrogen-bond donors (Lipinski definition) is 2. The second-order valence-corrected chi connectivity index (χ2v) is 7.12. The van der Waals surface area contributed by atoms with E-state index in [1.165, 1.54) is 0 Å². The molecule has 0 saturated carbocycles. The molecule has 2 aromatic heterocycles. The van der Waals surface area contributed by atoms with Crippen LogP contribution in [0, 0.1) is 0 Å². The van der Waals surface area contributed by atoms with Crippen molar-refractivity contribution in [1.82, 2.24) is 20.4 Å². The first-order chi connectivity index (χ1) is 14.6. The Morgan fingerprint density at radius 2 is 2.23 bits per heavy atom. The number of hydrazine groups is 1. The Bertz CT molecular complexity index is 1020. The van der Waals surface area contributed by atoms with Gasteiger partial charge in [0.2, 0.25) is 11.7 Å². The second-order valence-electron chi connectivity index (χ2n) is 7.12. The number of Topliss-reactive ketones (excluding diaryl/α,β-unsaturated/α-hetero) is 1. The highest BCUT2D eigenvalue weighted by atomic mass is 16.6. The lowest BCUT2D eigenvalue weighted by molar-refractivity contribution is -0.144. The van der Waals surface area contributed by atoms with E-state index in [2.05, 4.69) is 15.4 Å². The van der Waals surface area contributed by atoms with E-state index in [0.29, 0.717) is 38.4 Å². The van der Waals surface area contributed by atoms with Gasteiger partial charge in [0.15, 0.2) is 11.3 Å². The summed E-state index contributed by atoms with van der Waals surface area (Å²) in [6.07, 6.45) is 5.36. The maximum absolute atomic E-state index is 13.1. The van der Waals surface area contributed by atoms with Crippen LogP contribution in [0.25, 0.3) is 17.1 Å². The normalized spacial score (nSPS) is 19.9. The fourth-order valence-corrected chi connectivity index (χ4v) is 3.17. The van der Waals surface area contributed by atoms with Crippen LogP contribution in [0.2, 0.25) is 0 Å². The number of ketones is 1. The third kappa shape index (κ3) is 4.07. The van der Waals surface area contributed by atoms with Crippen molar-refractivity contribution in [3.05, 3.63) is 47.3 Å². The summed E-state index contributed by atoms with van der Waals surface area (Å²) in [6.45, 7) is 5.98. The standard InChI is InChI=1S/C21H24N4O5/c1-3-13(2)29-21(27)17-18(26)16(30-20(17)24-25-7-9-28-10-8-25)11-14-12-23-19-15(14)5-4-6-22-19/h4-6,11-13,24H,3,7-10H2,1-2H3,(H,22,23)/b16-11-/t13-/m0/s1. The Morgan fingerprint density at radius 3 is 3.00 bits per heavy atom. The number of nitrogens with one attached hydrogen (secondary N) is 2. The number of ether oxygens (including phenoxy) is 3. The molecule has 0 bridgehead atoms. The van der Waals surface area contributed by atoms with Crippen LogP contribution in [-0.2, 0) is 23.8 Å². The van der Waals surface area contributed by atoms with Crippen molar-refractivity contribution in [3.8, 4) is 0 Å². The van der Waals surface area contributed by atoms with Crippen LogP contribution in [0.3, 0.4) is 0 Å². The highest BCUT2D eigenvalue weighted by Crippen LogP contribution is 2.28. The Hall–Kier alpha value is -3.17. The lowest BCUT2D eigenvalue weighted by atomic mass is 10.1. The number of hydrogen-bond acceptors (Lipinski definition) is 8. The number of carbonyl (C=O) groups excluding carboxylic acids is 2. The summed E-state index contributed by atoms with van der Waals surface area (Å²) in [6, 6.07) is 3.71. The molecule has 2 aromatic rings. The zero-order chi connectivity index (χ0) is 21.1. The van der Waals surface area contributed by atoms with Gasteiger partial charge in [-0.15, -0.1) is 0 Å². The van der Waals surface area contributed by atoms with Crippen LogP contribution < -0.4 is 5.43 Å². The molecule has 0 spiro atoms. The second kappa shape index (κ2) is 8.68. The molecule has 0 aliphatic carbocycles. The Morgan fingerprint density at radius 1 is 1.43 bits per heavy atom. The molecule has 1 fully saturated rings. The quantitative estimate of drug-likeness (QED) is 0.421. The lowest BCUT2D eigenvalue weighted by Crippen LogP contribution is -2.45. The summed E-state index contributed by atoms with van der Waals surface area (Å²) in [5, 5.41) is 2.70. The topological polar surface area (TPSA) is 106 Å². The van der Waals surface area contributed by atoms with E-state index >= 15 is 0 Å². The number of nitrogens with zero attached hydrogens (tertiary/aromatic N) is 2. The molecule has 0 amide bonds. The molecular weight excluding hydrogens is 388 g/mol. The van der Waals surface area contributed by atoms with Gasteiger partial charge in [-0.1, -0.05) is 6.92 Å². The molecular formula is C21H24N4O5. The number of aromatic nitrogens is 2. The highest BCUT2D eigenvalue weighted by Gasteiger charge is 2.38. The van der Waals surface area contributed by atoms with Crippen LogP contribution in [-0.4, -0.2) is 59.1 Å². The van der Waals surface area contributed by atoms with E-state index in [1.807, 2.05) is 24.1 Å². The van der Waals surface area contributed by atoms with Crippen molar-refractivity contribution in [2.24, 2.45) is 0 Å². The molecule has 1 atom stereocenters. The maximum atomic E-state index is 13.1. The summed E-state index contributed by atoms with van der Waals surface area (Å²) >= 11 is 0. The molecule has 0 unspecified atom stereocenters. The van der Waals surface area contributed by atoms with Gasteiger partial charge >= 0.3 is 5.97 Å². The molecule has 30 heavy (non-hydrogen) atoms. The number of esters is 1. The Kier molecular flexibility index (Phi) is 5.82. The number of aromatic amines is 1. The third-order valence-electron chi connectivity index (χ3n) is 5.02. The van der Waals surface area contributed by atoms with E-state index in [1.54, 1.807) is 25.4 Å². The predicted octanol–water partition coefficient (Wildman–Crippen LogP) is 1.89. The molecule has 0 radical (unpaired) electrons. The molecule has 1 saturated heterocycles. The number of morpholine rings is 1. The highest BCUT2D eigenvalue weighted by molar-refractivity contribution is 6.26. The minimum Gasteiger partial charge on any atom is -0.459 e. The Labute approximate surface area is 173 Å². The average molecular weight is 412 g/mol. The lowest BCUT2D eigenvalue weighted by Gasteiger charge is -2.27. The molecule has 0 aromatic carbocycles. The number of pyridine rings is 1. The zero-order valence-electron chi connectivity index (χ0n) is 16.9. The molecule has 2 aliphatic heterocycles. The number of H-pyrrole nitrogens is 1. The fourth-order valence-electron chi connectivity index (χ4n) is 3.17. The van der Waals surface area contributed by atoms with Crippen LogP contribution >= 0.6 is 0 Å². The first-order valence-corrected chi connectivity index (χ1v) is 9.97. The fraction of sp³-hybridized carbons (Fsp3) is 0.381. The first-order valence-electron chi connectivity index (χ1n) is 9.97. The van der Waals surface area contributed by atoms with Gasteiger partial charge in [0.05, 0.1) is 19.3 Å². The third-order valence-corrected chi connectivity index (χ3v) is 5.02. The minimum atomic E-state index is -0.700. The van der Waals surface area contributed by atoms with Gasteiger partial charge in [0, 0.05) is 36.4 Å². The Balaban J connectivity index is 1.64. The number of carbonyl (C=O) groups is 2. The molecule has 4 heterocycles. The first kappa shape index (κ1) is 20.1. The summed E-state index contributed by atoms with van der Waals surface area (Å²) in [5.74, 6) is -1.09. The van der Waals surface area contributed by atoms with E-state index < -0.39 is 11.8 Å². The number of rotatable bonds is 6. The van der Waals surface area contributed by atoms with E-state index in [9.17, 15) is 9.59 Å². The van der Waals surface area contributed by atoms with Gasteiger partial charge in [-0.3, -0.25) is 10.2 Å². The molecule has 2 aliphatic rings. The SMILES string of the molecule is CC[C@H](C)OC(=O)C1=C(NN2CCOCC2)O/C(=C\c2c[nH]c3ncccc23)C1=O. The summed E-state index contributed by atoms with van der Waals surface area (Å²) in [7, 11) is 0. The largest absolute Gasteiger partial charge is 0.459 e. The minimum absolute atomic E-state index is 0.0478. The molecule has 9 heteroatoms. The van der Waals surface area contributed by atoms with Crippen molar-refractivity contribution in [3.63, 3.8) is 0 Å². The smallest absolute Gasteiger partial charge is 0.348 e. The van der Waals surface area contributed by atoms with Gasteiger partial charge in [-0.05, 0) is 31.6 Å². The van der Waals surface area contributed by atoms with Crippen molar-refractivity contribution >= 4 is 28.9 Å². The van der Waals surface area contributed by atoms with Crippen molar-refractivity contribution in [1.29, 1.82) is 0 Å². The summed E-state index contributed by atoms with van der Waals surface area (Å²) in [5.41, 5.74) is 4.35. The monoisotopic (exact) mass is 412 g/mol. The van der Waals surface area contributed by atoms with Crippen molar-refractivity contribution in [2.45, 2.75) is 26.4 Å².